The van der Waals surface area contributed by atoms with Crippen molar-refractivity contribution in [2.24, 2.45) is 0 Å². The average molecular weight is 268 g/mol. The van der Waals surface area contributed by atoms with E-state index in [2.05, 4.69) is 27.2 Å². The highest BCUT2D eigenvalue weighted by Crippen LogP contribution is 2.19. The summed E-state index contributed by atoms with van der Waals surface area (Å²) in [4.78, 5) is 22.8. The molecule has 1 aliphatic heterocycles. The number of aromatic nitrogens is 2. The van der Waals surface area contributed by atoms with Crippen LogP contribution in [0.2, 0.25) is 0 Å². The summed E-state index contributed by atoms with van der Waals surface area (Å²) in [6.45, 7) is 1.90. The number of rotatable bonds is 2. The normalized spacial score (nSPS) is 14.7. The lowest BCUT2D eigenvalue weighted by Crippen LogP contribution is -2.27. The first kappa shape index (κ1) is 12.7. The largest absolute Gasteiger partial charge is 0.319 e. The zero-order valence-electron chi connectivity index (χ0n) is 11.3. The Labute approximate surface area is 117 Å². The summed E-state index contributed by atoms with van der Waals surface area (Å²) in [6.07, 6.45) is 4.28. The van der Waals surface area contributed by atoms with Gasteiger partial charge in [-0.15, -0.1) is 0 Å². The molecule has 1 aliphatic rings. The van der Waals surface area contributed by atoms with Crippen molar-refractivity contribution in [2.75, 3.05) is 18.9 Å². The van der Waals surface area contributed by atoms with E-state index in [-0.39, 0.29) is 5.91 Å². The van der Waals surface area contributed by atoms with Crippen LogP contribution in [0.15, 0.2) is 36.7 Å². The summed E-state index contributed by atoms with van der Waals surface area (Å²) in [6, 6.07) is 7.27. The fourth-order valence-electron chi connectivity index (χ4n) is 2.33. The number of hydrogen-bond acceptors (Lipinski definition) is 4. The SMILES string of the molecule is CN1CCc2ncc(NC(=O)c3ccccn3)cc2C1. The van der Waals surface area contributed by atoms with Crippen LogP contribution in [0.5, 0.6) is 0 Å². The van der Waals surface area contributed by atoms with Crippen molar-refractivity contribution in [1.82, 2.24) is 14.9 Å². The minimum Gasteiger partial charge on any atom is -0.319 e. The van der Waals surface area contributed by atoms with Crippen molar-refractivity contribution < 1.29 is 4.79 Å². The monoisotopic (exact) mass is 268 g/mol. The minimum atomic E-state index is -0.212. The number of carbonyl (C=O) groups excluding carboxylic acids is 1. The molecule has 20 heavy (non-hydrogen) atoms. The van der Waals surface area contributed by atoms with E-state index in [1.165, 1.54) is 5.56 Å². The molecule has 3 heterocycles. The Morgan fingerprint density at radius 1 is 1.35 bits per heavy atom. The Morgan fingerprint density at radius 2 is 2.25 bits per heavy atom. The Balaban J connectivity index is 1.78. The lowest BCUT2D eigenvalue weighted by Gasteiger charge is -2.24. The van der Waals surface area contributed by atoms with E-state index >= 15 is 0 Å². The summed E-state index contributed by atoms with van der Waals surface area (Å²) in [7, 11) is 2.09. The summed E-state index contributed by atoms with van der Waals surface area (Å²) in [5.41, 5.74) is 3.42. The third-order valence-corrected chi connectivity index (χ3v) is 3.39. The fraction of sp³-hybridized carbons (Fsp3) is 0.267. The van der Waals surface area contributed by atoms with E-state index in [4.69, 9.17) is 0 Å². The molecule has 2 aromatic rings. The lowest BCUT2D eigenvalue weighted by molar-refractivity contribution is 0.102. The number of hydrogen-bond donors (Lipinski definition) is 1. The standard InChI is InChI=1S/C15H16N4O/c1-19-7-5-13-11(10-19)8-12(9-17-13)18-15(20)14-4-2-3-6-16-14/h2-4,6,8-9H,5,7,10H2,1H3,(H,18,20). The predicted octanol–water partition coefficient (Wildman–Crippen LogP) is 1.72. The maximum absolute atomic E-state index is 12.0. The van der Waals surface area contributed by atoms with Gasteiger partial charge < -0.3 is 10.2 Å². The second-order valence-electron chi connectivity index (χ2n) is 4.99. The van der Waals surface area contributed by atoms with Crippen LogP contribution in [0.4, 0.5) is 5.69 Å². The highest BCUT2D eigenvalue weighted by atomic mass is 16.1. The molecule has 0 unspecified atom stereocenters. The molecule has 0 bridgehead atoms. The highest BCUT2D eigenvalue weighted by molar-refractivity contribution is 6.02. The van der Waals surface area contributed by atoms with Gasteiger partial charge in [-0.2, -0.15) is 0 Å². The molecule has 0 saturated heterocycles. The molecule has 0 saturated carbocycles. The molecule has 1 N–H and O–H groups in total. The van der Waals surface area contributed by atoms with Crippen LogP contribution in [-0.2, 0) is 13.0 Å². The van der Waals surface area contributed by atoms with Crippen LogP contribution < -0.4 is 5.32 Å². The van der Waals surface area contributed by atoms with Crippen molar-refractivity contribution in [1.29, 1.82) is 0 Å². The van der Waals surface area contributed by atoms with E-state index in [1.807, 2.05) is 6.07 Å². The number of pyridine rings is 2. The van der Waals surface area contributed by atoms with Gasteiger partial charge in [-0.3, -0.25) is 14.8 Å². The second kappa shape index (κ2) is 5.38. The third kappa shape index (κ3) is 2.67. The molecule has 0 fully saturated rings. The van der Waals surface area contributed by atoms with E-state index < -0.39 is 0 Å². The molecule has 0 spiro atoms. The zero-order valence-corrected chi connectivity index (χ0v) is 11.3. The lowest BCUT2D eigenvalue weighted by atomic mass is 10.1. The van der Waals surface area contributed by atoms with Crippen LogP contribution in [0.1, 0.15) is 21.7 Å². The molecule has 1 amide bonds. The smallest absolute Gasteiger partial charge is 0.274 e. The van der Waals surface area contributed by atoms with Crippen LogP contribution in [0, 0.1) is 0 Å². The van der Waals surface area contributed by atoms with Crippen molar-refractivity contribution in [3.8, 4) is 0 Å². The van der Waals surface area contributed by atoms with Gasteiger partial charge in [-0.05, 0) is 30.8 Å². The maximum atomic E-state index is 12.0. The van der Waals surface area contributed by atoms with Gasteiger partial charge in [0.1, 0.15) is 5.69 Å². The van der Waals surface area contributed by atoms with Gasteiger partial charge in [0.25, 0.3) is 5.91 Å². The number of nitrogens with one attached hydrogen (secondary N) is 1. The molecule has 5 heteroatoms. The zero-order chi connectivity index (χ0) is 13.9. The van der Waals surface area contributed by atoms with Crippen molar-refractivity contribution >= 4 is 11.6 Å². The fourth-order valence-corrected chi connectivity index (χ4v) is 2.33. The number of fused-ring (bicyclic) bond motifs is 1. The number of likely N-dealkylation sites (N-methyl/N-ethyl adjacent to an activating group) is 1. The van der Waals surface area contributed by atoms with E-state index in [0.717, 1.165) is 30.9 Å². The molecular weight excluding hydrogens is 252 g/mol. The second-order valence-corrected chi connectivity index (χ2v) is 4.99. The molecule has 0 atom stereocenters. The Hall–Kier alpha value is -2.27. The van der Waals surface area contributed by atoms with Crippen LogP contribution >= 0.6 is 0 Å². The van der Waals surface area contributed by atoms with Gasteiger partial charge in [0.2, 0.25) is 0 Å². The van der Waals surface area contributed by atoms with Crippen LogP contribution in [-0.4, -0.2) is 34.4 Å². The molecule has 0 aliphatic carbocycles. The van der Waals surface area contributed by atoms with Crippen LogP contribution in [0.3, 0.4) is 0 Å². The number of nitrogens with zero attached hydrogens (tertiary/aromatic N) is 3. The Bertz CT molecular complexity index is 627. The molecular formula is C15H16N4O. The van der Waals surface area contributed by atoms with E-state index in [9.17, 15) is 4.79 Å². The summed E-state index contributed by atoms with van der Waals surface area (Å²) < 4.78 is 0. The Kier molecular flexibility index (Phi) is 3.43. The number of amides is 1. The first-order chi connectivity index (χ1) is 9.72. The topological polar surface area (TPSA) is 58.1 Å². The molecule has 0 aromatic carbocycles. The van der Waals surface area contributed by atoms with Crippen molar-refractivity contribution in [3.05, 3.63) is 53.6 Å². The Morgan fingerprint density at radius 3 is 3.05 bits per heavy atom. The van der Waals surface area contributed by atoms with Crippen molar-refractivity contribution in [3.63, 3.8) is 0 Å². The van der Waals surface area contributed by atoms with Gasteiger partial charge in [0, 0.05) is 31.4 Å². The predicted molar refractivity (Wildman–Crippen MR) is 76.5 cm³/mol. The minimum absolute atomic E-state index is 0.212. The third-order valence-electron chi connectivity index (χ3n) is 3.39. The quantitative estimate of drug-likeness (QED) is 0.901. The van der Waals surface area contributed by atoms with Gasteiger partial charge in [0.15, 0.2) is 0 Å². The van der Waals surface area contributed by atoms with E-state index in [1.54, 1.807) is 30.6 Å². The molecule has 3 rings (SSSR count). The first-order valence-electron chi connectivity index (χ1n) is 6.61. The number of carbonyl (C=O) groups is 1. The summed E-state index contributed by atoms with van der Waals surface area (Å²) in [5, 5.41) is 2.84. The maximum Gasteiger partial charge on any atom is 0.274 e. The highest BCUT2D eigenvalue weighted by Gasteiger charge is 2.15. The van der Waals surface area contributed by atoms with Gasteiger partial charge in [-0.25, -0.2) is 0 Å². The molecule has 102 valence electrons. The molecule has 2 aromatic heterocycles. The van der Waals surface area contributed by atoms with Crippen LogP contribution in [0.25, 0.3) is 0 Å². The number of anilines is 1. The molecule has 0 radical (unpaired) electrons. The van der Waals surface area contributed by atoms with Gasteiger partial charge in [0.05, 0.1) is 11.9 Å². The molecule has 5 nitrogen and oxygen atoms in total. The van der Waals surface area contributed by atoms with Crippen molar-refractivity contribution in [2.45, 2.75) is 13.0 Å². The summed E-state index contributed by atoms with van der Waals surface area (Å²) in [5.74, 6) is -0.212. The van der Waals surface area contributed by atoms with E-state index in [0.29, 0.717) is 5.69 Å². The average Bonchev–Trinajstić information content (AvgIpc) is 2.47. The first-order valence-corrected chi connectivity index (χ1v) is 6.61. The van der Waals surface area contributed by atoms with Gasteiger partial charge in [-0.1, -0.05) is 6.07 Å². The van der Waals surface area contributed by atoms with Gasteiger partial charge >= 0.3 is 0 Å². The summed E-state index contributed by atoms with van der Waals surface area (Å²) >= 11 is 0.